The van der Waals surface area contributed by atoms with Crippen LogP contribution in [0.1, 0.15) is 6.92 Å². The van der Waals surface area contributed by atoms with Crippen molar-refractivity contribution in [1.29, 1.82) is 0 Å². The van der Waals surface area contributed by atoms with Gasteiger partial charge in [0.05, 0.1) is 0 Å². The Balaban J connectivity index is 2.90. The van der Waals surface area contributed by atoms with Gasteiger partial charge in [-0.15, -0.1) is 10.1 Å². The molecule has 74 valence electrons. The van der Waals surface area contributed by atoms with Crippen molar-refractivity contribution in [1.82, 2.24) is 0 Å². The van der Waals surface area contributed by atoms with E-state index in [1.54, 1.807) is 6.07 Å². The Morgan fingerprint density at radius 2 is 1.93 bits per heavy atom. The van der Waals surface area contributed by atoms with Crippen LogP contribution in [-0.4, -0.2) is 11.1 Å². The van der Waals surface area contributed by atoms with E-state index >= 15 is 0 Å². The van der Waals surface area contributed by atoms with E-state index in [0.29, 0.717) is 0 Å². The number of hydrogen-bond donors (Lipinski definition) is 0. The van der Waals surface area contributed by atoms with Crippen LogP contribution < -0.4 is 9.57 Å². The summed E-state index contributed by atoms with van der Waals surface area (Å²) >= 11 is 0. The van der Waals surface area contributed by atoms with Gasteiger partial charge in [0.1, 0.15) is 0 Å². The summed E-state index contributed by atoms with van der Waals surface area (Å²) in [7, 11) is 0. The first-order valence-electron chi connectivity index (χ1n) is 3.69. The first-order chi connectivity index (χ1) is 6.59. The lowest BCUT2D eigenvalue weighted by Gasteiger charge is -2.05. The van der Waals surface area contributed by atoms with E-state index in [1.165, 1.54) is 25.1 Å². The SMILES string of the molecule is CC(=O)Oc1ccccc1O[N+](=O)[O-]. The molecule has 0 radical (unpaired) electrons. The Labute approximate surface area is 79.2 Å². The van der Waals surface area contributed by atoms with Crippen LogP contribution in [0.25, 0.3) is 0 Å². The van der Waals surface area contributed by atoms with Crippen LogP contribution >= 0.6 is 0 Å². The molecular weight excluding hydrogens is 190 g/mol. The average Bonchev–Trinajstić information content (AvgIpc) is 2.06. The van der Waals surface area contributed by atoms with E-state index in [0.717, 1.165) is 0 Å². The van der Waals surface area contributed by atoms with E-state index in [-0.39, 0.29) is 11.5 Å². The standard InChI is InChI=1S/C8H7NO5/c1-6(10)13-7-4-2-3-5-8(7)14-9(11)12/h2-5H,1H3. The highest BCUT2D eigenvalue weighted by molar-refractivity contribution is 5.70. The van der Waals surface area contributed by atoms with Crippen LogP contribution in [0.5, 0.6) is 11.5 Å². The zero-order valence-corrected chi connectivity index (χ0v) is 7.30. The predicted molar refractivity (Wildman–Crippen MR) is 45.4 cm³/mol. The molecule has 1 aromatic rings. The highest BCUT2D eigenvalue weighted by Crippen LogP contribution is 2.26. The third-order valence-electron chi connectivity index (χ3n) is 1.28. The molecular formula is C8H7NO5. The van der Waals surface area contributed by atoms with Crippen molar-refractivity contribution in [3.63, 3.8) is 0 Å². The number of para-hydroxylation sites is 2. The second kappa shape index (κ2) is 4.22. The van der Waals surface area contributed by atoms with E-state index in [2.05, 4.69) is 9.57 Å². The summed E-state index contributed by atoms with van der Waals surface area (Å²) < 4.78 is 4.68. The minimum Gasteiger partial charge on any atom is -0.424 e. The molecule has 1 aromatic carbocycles. The molecule has 0 amide bonds. The zero-order chi connectivity index (χ0) is 10.6. The summed E-state index contributed by atoms with van der Waals surface area (Å²) in [6.45, 7) is 1.20. The molecule has 0 saturated heterocycles. The maximum atomic E-state index is 10.6. The highest BCUT2D eigenvalue weighted by atomic mass is 17.0. The van der Waals surface area contributed by atoms with Crippen LogP contribution in [0.3, 0.4) is 0 Å². The topological polar surface area (TPSA) is 78.7 Å². The van der Waals surface area contributed by atoms with Crippen molar-refractivity contribution in [3.05, 3.63) is 34.4 Å². The average molecular weight is 197 g/mol. The maximum Gasteiger partial charge on any atom is 0.308 e. The lowest BCUT2D eigenvalue weighted by molar-refractivity contribution is -0.711. The number of benzene rings is 1. The van der Waals surface area contributed by atoms with E-state index in [9.17, 15) is 14.9 Å². The van der Waals surface area contributed by atoms with Gasteiger partial charge < -0.3 is 4.74 Å². The fourth-order valence-electron chi connectivity index (χ4n) is 0.845. The molecule has 0 fully saturated rings. The van der Waals surface area contributed by atoms with Crippen molar-refractivity contribution in [2.24, 2.45) is 0 Å². The Bertz CT molecular complexity index is 328. The van der Waals surface area contributed by atoms with Gasteiger partial charge in [-0.2, -0.15) is 0 Å². The van der Waals surface area contributed by atoms with Gasteiger partial charge in [0, 0.05) is 6.92 Å². The maximum absolute atomic E-state index is 10.6. The van der Waals surface area contributed by atoms with Crippen molar-refractivity contribution < 1.29 is 19.5 Å². The first kappa shape index (κ1) is 9.97. The largest absolute Gasteiger partial charge is 0.424 e. The molecule has 0 N–H and O–H groups in total. The minimum atomic E-state index is -0.970. The van der Waals surface area contributed by atoms with Crippen LogP contribution in [0.15, 0.2) is 24.3 Å². The molecule has 0 saturated carbocycles. The molecule has 0 aliphatic carbocycles. The van der Waals surface area contributed by atoms with Crippen LogP contribution in [0.2, 0.25) is 0 Å². The molecule has 6 heteroatoms. The fourth-order valence-corrected chi connectivity index (χ4v) is 0.845. The van der Waals surface area contributed by atoms with Crippen LogP contribution in [0.4, 0.5) is 0 Å². The minimum absolute atomic E-state index is 0.0247. The lowest BCUT2D eigenvalue weighted by Crippen LogP contribution is -2.07. The number of carbonyl (C=O) groups excluding carboxylic acids is 1. The van der Waals surface area contributed by atoms with E-state index in [1.807, 2.05) is 0 Å². The number of esters is 1. The fraction of sp³-hybridized carbons (Fsp3) is 0.125. The summed E-state index contributed by atoms with van der Waals surface area (Å²) in [5.74, 6) is -0.645. The summed E-state index contributed by atoms with van der Waals surface area (Å²) in [5, 5.41) is 9.08. The Morgan fingerprint density at radius 3 is 2.43 bits per heavy atom. The number of nitrogens with zero attached hydrogens (tertiary/aromatic N) is 1. The monoisotopic (exact) mass is 197 g/mol. The van der Waals surface area contributed by atoms with Gasteiger partial charge in [0.2, 0.25) is 0 Å². The highest BCUT2D eigenvalue weighted by Gasteiger charge is 2.08. The molecule has 0 unspecified atom stereocenters. The second-order valence-electron chi connectivity index (χ2n) is 2.36. The molecule has 0 spiro atoms. The lowest BCUT2D eigenvalue weighted by atomic mass is 10.3. The van der Waals surface area contributed by atoms with Gasteiger partial charge in [0.15, 0.2) is 11.5 Å². The number of ether oxygens (including phenoxy) is 1. The smallest absolute Gasteiger partial charge is 0.308 e. The second-order valence-corrected chi connectivity index (χ2v) is 2.36. The Hall–Kier alpha value is -2.11. The van der Waals surface area contributed by atoms with Crippen LogP contribution in [0, 0.1) is 10.1 Å². The van der Waals surface area contributed by atoms with Gasteiger partial charge in [-0.3, -0.25) is 9.63 Å². The molecule has 6 nitrogen and oxygen atoms in total. The summed E-state index contributed by atoms with van der Waals surface area (Å²) in [4.78, 5) is 24.8. The summed E-state index contributed by atoms with van der Waals surface area (Å²) in [6, 6.07) is 5.85. The van der Waals surface area contributed by atoms with Crippen LogP contribution in [-0.2, 0) is 4.79 Å². The Kier molecular flexibility index (Phi) is 3.01. The van der Waals surface area contributed by atoms with E-state index in [4.69, 9.17) is 0 Å². The molecule has 1 rings (SSSR count). The van der Waals surface area contributed by atoms with Crippen molar-refractivity contribution in [2.75, 3.05) is 0 Å². The normalized spacial score (nSPS) is 9.21. The van der Waals surface area contributed by atoms with Crippen molar-refractivity contribution in [3.8, 4) is 11.5 Å². The molecule has 0 heterocycles. The first-order valence-corrected chi connectivity index (χ1v) is 3.69. The van der Waals surface area contributed by atoms with Gasteiger partial charge in [-0.1, -0.05) is 12.1 Å². The molecule has 0 aliphatic heterocycles. The Morgan fingerprint density at radius 1 is 1.36 bits per heavy atom. The number of carbonyl (C=O) groups is 1. The number of rotatable bonds is 3. The van der Waals surface area contributed by atoms with Gasteiger partial charge in [-0.05, 0) is 12.1 Å². The van der Waals surface area contributed by atoms with Gasteiger partial charge in [0.25, 0.3) is 5.09 Å². The van der Waals surface area contributed by atoms with Crippen molar-refractivity contribution >= 4 is 5.97 Å². The van der Waals surface area contributed by atoms with E-state index < -0.39 is 11.1 Å². The van der Waals surface area contributed by atoms with Crippen molar-refractivity contribution in [2.45, 2.75) is 6.92 Å². The van der Waals surface area contributed by atoms with Gasteiger partial charge in [-0.25, -0.2) is 0 Å². The zero-order valence-electron chi connectivity index (χ0n) is 7.30. The quantitative estimate of drug-likeness (QED) is 0.314. The molecule has 0 aliphatic rings. The predicted octanol–water partition coefficient (Wildman–Crippen LogP) is 1.18. The third kappa shape index (κ3) is 2.74. The summed E-state index contributed by atoms with van der Waals surface area (Å²) in [5.41, 5.74) is 0. The summed E-state index contributed by atoms with van der Waals surface area (Å²) in [6.07, 6.45) is 0. The molecule has 14 heavy (non-hydrogen) atoms. The molecule has 0 aromatic heterocycles. The molecule has 0 atom stereocenters. The third-order valence-corrected chi connectivity index (χ3v) is 1.28. The van der Waals surface area contributed by atoms with Gasteiger partial charge >= 0.3 is 5.97 Å². The molecule has 0 bridgehead atoms. The number of hydrogen-bond acceptors (Lipinski definition) is 5.